The number of primary amides is 1. The Morgan fingerprint density at radius 2 is 1.62 bits per heavy atom. The Morgan fingerprint density at radius 3 is 1.85 bits per heavy atom. The van der Waals surface area contributed by atoms with Gasteiger partial charge in [-0.2, -0.15) is 13.2 Å². The minimum absolute atomic E-state index is 0.577. The molecule has 0 radical (unpaired) electrons. The average molecular weight is 196 g/mol. The minimum Gasteiger partial charge on any atom is -0.401 e. The summed E-state index contributed by atoms with van der Waals surface area (Å²) in [6.45, 7) is 1.75. The van der Waals surface area contributed by atoms with E-state index in [0.29, 0.717) is 6.08 Å². The van der Waals surface area contributed by atoms with Gasteiger partial charge in [0.1, 0.15) is 0 Å². The van der Waals surface area contributed by atoms with Gasteiger partial charge >= 0.3 is 6.18 Å². The van der Waals surface area contributed by atoms with Crippen LogP contribution in [0.5, 0.6) is 0 Å². The van der Waals surface area contributed by atoms with E-state index < -0.39 is 23.2 Å². The Bertz CT molecular complexity index is 243. The molecule has 6 heteroatoms. The first kappa shape index (κ1) is 11.8. The lowest BCUT2D eigenvalue weighted by Crippen LogP contribution is -2.37. The number of rotatable bonds is 2. The van der Waals surface area contributed by atoms with E-state index in [2.05, 4.69) is 5.73 Å². The van der Waals surface area contributed by atoms with Crippen molar-refractivity contribution in [2.24, 2.45) is 16.9 Å². The van der Waals surface area contributed by atoms with Crippen LogP contribution in [0.15, 0.2) is 11.8 Å². The number of hydrogen-bond donors (Lipinski definition) is 2. The zero-order valence-electron chi connectivity index (χ0n) is 7.27. The Labute approximate surface area is 73.6 Å². The molecule has 0 bridgehead atoms. The quantitative estimate of drug-likeness (QED) is 0.644. The lowest BCUT2D eigenvalue weighted by Gasteiger charge is -2.27. The molecule has 3 nitrogen and oxygen atoms in total. The first-order chi connectivity index (χ1) is 5.59. The van der Waals surface area contributed by atoms with Crippen LogP contribution in [0.3, 0.4) is 0 Å². The first-order valence-electron chi connectivity index (χ1n) is 3.43. The minimum atomic E-state index is -4.50. The van der Waals surface area contributed by atoms with Crippen LogP contribution in [-0.4, -0.2) is 12.1 Å². The fourth-order valence-corrected chi connectivity index (χ4v) is 0.497. The van der Waals surface area contributed by atoms with E-state index in [1.54, 1.807) is 0 Å². The largest absolute Gasteiger partial charge is 0.401 e. The lowest BCUT2D eigenvalue weighted by molar-refractivity contribution is -0.197. The SMILES string of the molecule is CC(C)(C(N)=CC(N)=O)C(F)(F)F. The predicted molar refractivity (Wildman–Crippen MR) is 41.3 cm³/mol. The maximum atomic E-state index is 12.3. The third-order valence-electron chi connectivity index (χ3n) is 1.73. The van der Waals surface area contributed by atoms with Crippen LogP contribution in [0.1, 0.15) is 13.8 Å². The lowest BCUT2D eigenvalue weighted by atomic mass is 9.88. The Balaban J connectivity index is 4.95. The Hall–Kier alpha value is -1.20. The van der Waals surface area contributed by atoms with Crippen molar-refractivity contribution < 1.29 is 18.0 Å². The summed E-state index contributed by atoms with van der Waals surface area (Å²) < 4.78 is 36.8. The summed E-state index contributed by atoms with van der Waals surface area (Å²) in [4.78, 5) is 10.3. The molecule has 0 saturated heterocycles. The third kappa shape index (κ3) is 2.64. The van der Waals surface area contributed by atoms with E-state index in [4.69, 9.17) is 5.73 Å². The standard InChI is InChI=1S/C7H11F3N2O/c1-6(2,7(8,9)10)4(11)3-5(12)13/h3H,11H2,1-2H3,(H2,12,13). The summed E-state index contributed by atoms with van der Waals surface area (Å²) in [6.07, 6.45) is -3.92. The molecule has 0 aromatic carbocycles. The maximum absolute atomic E-state index is 12.3. The number of carbonyl (C=O) groups is 1. The zero-order valence-corrected chi connectivity index (χ0v) is 7.27. The van der Waals surface area contributed by atoms with E-state index in [0.717, 1.165) is 13.8 Å². The molecule has 76 valence electrons. The number of halogens is 3. The second-order valence-electron chi connectivity index (χ2n) is 3.12. The molecule has 0 saturated carbocycles. The summed E-state index contributed by atoms with van der Waals surface area (Å²) in [5.41, 5.74) is 6.93. The maximum Gasteiger partial charge on any atom is 0.399 e. The van der Waals surface area contributed by atoms with Crippen molar-refractivity contribution in [3.63, 3.8) is 0 Å². The summed E-state index contributed by atoms with van der Waals surface area (Å²) in [7, 11) is 0. The van der Waals surface area contributed by atoms with E-state index in [9.17, 15) is 18.0 Å². The van der Waals surface area contributed by atoms with Crippen molar-refractivity contribution in [1.29, 1.82) is 0 Å². The number of hydrogen-bond acceptors (Lipinski definition) is 2. The first-order valence-corrected chi connectivity index (χ1v) is 3.43. The van der Waals surface area contributed by atoms with Crippen molar-refractivity contribution >= 4 is 5.91 Å². The number of alkyl halides is 3. The molecule has 0 spiro atoms. The molecular formula is C7H11F3N2O. The molecule has 0 unspecified atom stereocenters. The summed E-state index contributed by atoms with van der Waals surface area (Å²) in [5.74, 6) is -0.991. The summed E-state index contributed by atoms with van der Waals surface area (Å²) in [5, 5.41) is 0. The Kier molecular flexibility index (Phi) is 2.97. The monoisotopic (exact) mass is 196 g/mol. The third-order valence-corrected chi connectivity index (χ3v) is 1.73. The second kappa shape index (κ2) is 3.27. The number of allylic oxidation sites excluding steroid dienone is 1. The smallest absolute Gasteiger partial charge is 0.399 e. The van der Waals surface area contributed by atoms with Gasteiger partial charge in [-0.1, -0.05) is 0 Å². The molecule has 4 N–H and O–H groups in total. The Morgan fingerprint density at radius 1 is 1.23 bits per heavy atom. The summed E-state index contributed by atoms with van der Waals surface area (Å²) in [6, 6.07) is 0. The molecule has 0 aliphatic rings. The van der Waals surface area contributed by atoms with Crippen molar-refractivity contribution in [2.45, 2.75) is 20.0 Å². The fraction of sp³-hybridized carbons (Fsp3) is 0.571. The van der Waals surface area contributed by atoms with Crippen molar-refractivity contribution in [3.05, 3.63) is 11.8 Å². The second-order valence-corrected chi connectivity index (χ2v) is 3.12. The van der Waals surface area contributed by atoms with Crippen LogP contribution in [-0.2, 0) is 4.79 Å². The van der Waals surface area contributed by atoms with E-state index in [-0.39, 0.29) is 0 Å². The summed E-state index contributed by atoms with van der Waals surface area (Å²) >= 11 is 0. The van der Waals surface area contributed by atoms with E-state index in [1.165, 1.54) is 0 Å². The van der Waals surface area contributed by atoms with Gasteiger partial charge in [-0.25, -0.2) is 0 Å². The number of amides is 1. The molecule has 1 amide bonds. The van der Waals surface area contributed by atoms with Crippen LogP contribution < -0.4 is 11.5 Å². The molecule has 13 heavy (non-hydrogen) atoms. The van der Waals surface area contributed by atoms with Gasteiger partial charge in [0.2, 0.25) is 5.91 Å². The molecule has 0 atom stereocenters. The molecular weight excluding hydrogens is 185 g/mol. The zero-order chi connectivity index (χ0) is 10.9. The van der Waals surface area contributed by atoms with Gasteiger partial charge in [-0.15, -0.1) is 0 Å². The highest BCUT2D eigenvalue weighted by Crippen LogP contribution is 2.41. The molecule has 0 fully saturated rings. The van der Waals surface area contributed by atoms with Crippen molar-refractivity contribution in [3.8, 4) is 0 Å². The van der Waals surface area contributed by atoms with Gasteiger partial charge in [0.25, 0.3) is 0 Å². The van der Waals surface area contributed by atoms with Gasteiger partial charge < -0.3 is 11.5 Å². The van der Waals surface area contributed by atoms with E-state index in [1.807, 2.05) is 0 Å². The van der Waals surface area contributed by atoms with Crippen LogP contribution in [0.25, 0.3) is 0 Å². The van der Waals surface area contributed by atoms with Crippen LogP contribution in [0, 0.1) is 5.41 Å². The highest BCUT2D eigenvalue weighted by atomic mass is 19.4. The van der Waals surface area contributed by atoms with Crippen molar-refractivity contribution in [1.82, 2.24) is 0 Å². The van der Waals surface area contributed by atoms with E-state index >= 15 is 0 Å². The van der Waals surface area contributed by atoms with Crippen LogP contribution in [0.4, 0.5) is 13.2 Å². The van der Waals surface area contributed by atoms with Gasteiger partial charge in [0, 0.05) is 11.8 Å². The van der Waals surface area contributed by atoms with Crippen LogP contribution >= 0.6 is 0 Å². The normalized spacial score (nSPS) is 14.4. The fourth-order valence-electron chi connectivity index (χ4n) is 0.497. The highest BCUT2D eigenvalue weighted by Gasteiger charge is 2.49. The van der Waals surface area contributed by atoms with Gasteiger partial charge in [0.05, 0.1) is 5.41 Å². The molecule has 0 aromatic rings. The van der Waals surface area contributed by atoms with Gasteiger partial charge in [-0.3, -0.25) is 4.79 Å². The van der Waals surface area contributed by atoms with Crippen molar-refractivity contribution in [2.75, 3.05) is 0 Å². The molecule has 0 rings (SSSR count). The van der Waals surface area contributed by atoms with Gasteiger partial charge in [0.15, 0.2) is 0 Å². The molecule has 0 aliphatic heterocycles. The van der Waals surface area contributed by atoms with Crippen LogP contribution in [0.2, 0.25) is 0 Å². The number of nitrogens with two attached hydrogens (primary N) is 2. The highest BCUT2D eigenvalue weighted by molar-refractivity contribution is 5.86. The number of carbonyl (C=O) groups excluding carboxylic acids is 1. The predicted octanol–water partition coefficient (Wildman–Crippen LogP) is 0.903. The van der Waals surface area contributed by atoms with Gasteiger partial charge in [-0.05, 0) is 13.8 Å². The average Bonchev–Trinajstić information content (AvgIpc) is 1.82. The molecule has 0 aliphatic carbocycles. The molecule has 0 heterocycles. The topological polar surface area (TPSA) is 69.1 Å². The molecule has 0 aromatic heterocycles.